The summed E-state index contributed by atoms with van der Waals surface area (Å²) >= 11 is 0. The molecule has 0 aliphatic carbocycles. The highest BCUT2D eigenvalue weighted by molar-refractivity contribution is 6.01. The van der Waals surface area contributed by atoms with E-state index in [0.29, 0.717) is 24.3 Å². The molecule has 1 N–H and O–H groups in total. The molecule has 1 rings (SSSR count). The number of amides is 1. The van der Waals surface area contributed by atoms with Crippen molar-refractivity contribution >= 4 is 17.6 Å². The second kappa shape index (κ2) is 20.7. The molecule has 4 nitrogen and oxygen atoms in total. The molecule has 0 fully saturated rings. The van der Waals surface area contributed by atoms with Crippen LogP contribution in [0.5, 0.6) is 0 Å². The normalized spacial score (nSPS) is 10.8. The number of carbonyl (C=O) groups excluding carboxylic acids is 2. The van der Waals surface area contributed by atoms with E-state index in [-0.39, 0.29) is 11.9 Å². The van der Waals surface area contributed by atoms with Crippen LogP contribution in [0.15, 0.2) is 24.3 Å². The smallest absolute Gasteiger partial charge is 0.340 e. The first-order valence-electron chi connectivity index (χ1n) is 13.7. The van der Waals surface area contributed by atoms with E-state index in [9.17, 15) is 9.59 Å². The largest absolute Gasteiger partial charge is 0.462 e. The van der Waals surface area contributed by atoms with Gasteiger partial charge in [0.15, 0.2) is 0 Å². The van der Waals surface area contributed by atoms with Crippen LogP contribution in [-0.2, 0) is 9.53 Å². The Balaban J connectivity index is 1.98. The predicted molar refractivity (Wildman–Crippen MR) is 140 cm³/mol. The van der Waals surface area contributed by atoms with E-state index >= 15 is 0 Å². The summed E-state index contributed by atoms with van der Waals surface area (Å²) in [6.07, 6.45) is 22.4. The molecule has 0 aliphatic heterocycles. The number of unbranched alkanes of at least 4 members (excludes halogenated alkanes) is 15. The number of benzene rings is 1. The first-order valence-corrected chi connectivity index (χ1v) is 13.7. The Bertz CT molecular complexity index is 629. The van der Waals surface area contributed by atoms with E-state index < -0.39 is 0 Å². The van der Waals surface area contributed by atoms with Gasteiger partial charge in [-0.3, -0.25) is 4.79 Å². The van der Waals surface area contributed by atoms with Crippen molar-refractivity contribution in [3.05, 3.63) is 29.8 Å². The van der Waals surface area contributed by atoms with Crippen molar-refractivity contribution in [2.24, 2.45) is 0 Å². The van der Waals surface area contributed by atoms with Crippen molar-refractivity contribution in [3.8, 4) is 0 Å². The first kappa shape index (κ1) is 29.2. The monoisotopic (exact) mass is 459 g/mol. The molecule has 0 bridgehead atoms. The molecule has 1 amide bonds. The average Bonchev–Trinajstić information content (AvgIpc) is 2.81. The summed E-state index contributed by atoms with van der Waals surface area (Å²) in [5.41, 5.74) is 0.964. The number of hydrogen-bond acceptors (Lipinski definition) is 3. The SMILES string of the molecule is CCCCCCCCCCCCCCCCCCOC(=O)c1ccccc1NC(=O)CCC. The third kappa shape index (κ3) is 15.6. The van der Waals surface area contributed by atoms with Crippen LogP contribution in [0.25, 0.3) is 0 Å². The average molecular weight is 460 g/mol. The Morgan fingerprint density at radius 2 is 1.15 bits per heavy atom. The van der Waals surface area contributed by atoms with Crippen LogP contribution in [0.3, 0.4) is 0 Å². The lowest BCUT2D eigenvalue weighted by Crippen LogP contribution is -2.15. The van der Waals surface area contributed by atoms with E-state index in [0.717, 1.165) is 19.3 Å². The zero-order valence-electron chi connectivity index (χ0n) is 21.5. The number of nitrogens with one attached hydrogen (secondary N) is 1. The Hall–Kier alpha value is -1.84. The zero-order valence-corrected chi connectivity index (χ0v) is 21.5. The molecule has 33 heavy (non-hydrogen) atoms. The van der Waals surface area contributed by atoms with Crippen LogP contribution in [0, 0.1) is 0 Å². The van der Waals surface area contributed by atoms with Crippen molar-refractivity contribution in [1.82, 2.24) is 0 Å². The molecule has 1 aromatic carbocycles. The molecule has 0 aliphatic rings. The van der Waals surface area contributed by atoms with Crippen LogP contribution in [0.4, 0.5) is 5.69 Å². The van der Waals surface area contributed by atoms with Gasteiger partial charge in [-0.2, -0.15) is 0 Å². The van der Waals surface area contributed by atoms with E-state index in [1.807, 2.05) is 13.0 Å². The third-order valence-electron chi connectivity index (χ3n) is 6.13. The summed E-state index contributed by atoms with van der Waals surface area (Å²) in [7, 11) is 0. The highest BCUT2D eigenvalue weighted by atomic mass is 16.5. The Morgan fingerprint density at radius 3 is 1.67 bits per heavy atom. The van der Waals surface area contributed by atoms with Gasteiger partial charge in [0.1, 0.15) is 0 Å². The summed E-state index contributed by atoms with van der Waals surface area (Å²) in [5, 5.41) is 2.81. The molecule has 0 heterocycles. The summed E-state index contributed by atoms with van der Waals surface area (Å²) in [4.78, 5) is 24.2. The van der Waals surface area contributed by atoms with Gasteiger partial charge in [-0.15, -0.1) is 0 Å². The zero-order chi connectivity index (χ0) is 24.0. The Kier molecular flexibility index (Phi) is 18.4. The molecule has 1 aromatic rings. The van der Waals surface area contributed by atoms with Crippen molar-refractivity contribution in [2.75, 3.05) is 11.9 Å². The fourth-order valence-electron chi connectivity index (χ4n) is 4.10. The lowest BCUT2D eigenvalue weighted by molar-refractivity contribution is -0.116. The number of para-hydroxylation sites is 1. The fourth-order valence-corrected chi connectivity index (χ4v) is 4.10. The van der Waals surface area contributed by atoms with Gasteiger partial charge in [0, 0.05) is 6.42 Å². The molecule has 0 aromatic heterocycles. The van der Waals surface area contributed by atoms with E-state index in [2.05, 4.69) is 12.2 Å². The molecular weight excluding hydrogens is 410 g/mol. The predicted octanol–water partition coefficient (Wildman–Crippen LogP) is 8.84. The first-order chi connectivity index (χ1) is 16.2. The molecule has 0 unspecified atom stereocenters. The second-order valence-electron chi connectivity index (χ2n) is 9.28. The quantitative estimate of drug-likeness (QED) is 0.147. The van der Waals surface area contributed by atoms with Crippen LogP contribution in [0.1, 0.15) is 140 Å². The summed E-state index contributed by atoms with van der Waals surface area (Å²) in [6, 6.07) is 7.06. The topological polar surface area (TPSA) is 55.4 Å². The number of esters is 1. The van der Waals surface area contributed by atoms with Gasteiger partial charge >= 0.3 is 5.97 Å². The van der Waals surface area contributed by atoms with Gasteiger partial charge in [-0.1, -0.05) is 122 Å². The molecule has 188 valence electrons. The van der Waals surface area contributed by atoms with Crippen LogP contribution < -0.4 is 5.32 Å². The number of anilines is 1. The van der Waals surface area contributed by atoms with Gasteiger partial charge in [-0.25, -0.2) is 4.79 Å². The van der Waals surface area contributed by atoms with E-state index in [4.69, 9.17) is 4.74 Å². The molecule has 0 saturated heterocycles. The maximum absolute atomic E-state index is 12.4. The lowest BCUT2D eigenvalue weighted by Gasteiger charge is -2.10. The standard InChI is InChI=1S/C29H49NO3/c1-3-5-6-7-8-9-10-11-12-13-14-15-16-17-18-21-25-33-29(32)26-23-19-20-24-27(26)30-28(31)22-4-2/h19-20,23-24H,3-18,21-22,25H2,1-2H3,(H,30,31). The number of carbonyl (C=O) groups is 2. The molecule has 0 atom stereocenters. The Labute approximate surface area is 203 Å². The van der Waals surface area contributed by atoms with Gasteiger partial charge in [0.05, 0.1) is 17.9 Å². The number of hydrogen-bond donors (Lipinski definition) is 1. The third-order valence-corrected chi connectivity index (χ3v) is 6.13. The molecule has 0 spiro atoms. The van der Waals surface area contributed by atoms with Gasteiger partial charge < -0.3 is 10.1 Å². The highest BCUT2D eigenvalue weighted by Crippen LogP contribution is 2.17. The molecule has 0 radical (unpaired) electrons. The Morgan fingerprint density at radius 1 is 0.667 bits per heavy atom. The number of rotatable bonds is 21. The second-order valence-corrected chi connectivity index (χ2v) is 9.28. The van der Waals surface area contributed by atoms with Crippen molar-refractivity contribution in [2.45, 2.75) is 129 Å². The minimum Gasteiger partial charge on any atom is -0.462 e. The lowest BCUT2D eigenvalue weighted by atomic mass is 10.0. The van der Waals surface area contributed by atoms with Crippen LogP contribution in [0.2, 0.25) is 0 Å². The van der Waals surface area contributed by atoms with Crippen molar-refractivity contribution in [3.63, 3.8) is 0 Å². The molecular formula is C29H49NO3. The maximum atomic E-state index is 12.4. The summed E-state index contributed by atoms with van der Waals surface area (Å²) in [6.45, 7) is 4.67. The van der Waals surface area contributed by atoms with Crippen LogP contribution in [-0.4, -0.2) is 18.5 Å². The maximum Gasteiger partial charge on any atom is 0.340 e. The van der Waals surface area contributed by atoms with Crippen molar-refractivity contribution < 1.29 is 14.3 Å². The van der Waals surface area contributed by atoms with Gasteiger partial charge in [0.2, 0.25) is 5.91 Å². The van der Waals surface area contributed by atoms with E-state index in [1.54, 1.807) is 18.2 Å². The van der Waals surface area contributed by atoms with Crippen LogP contribution >= 0.6 is 0 Å². The summed E-state index contributed by atoms with van der Waals surface area (Å²) in [5.74, 6) is -0.432. The molecule has 4 heteroatoms. The number of ether oxygens (including phenoxy) is 1. The minimum atomic E-state index is -0.358. The minimum absolute atomic E-state index is 0.0736. The fraction of sp³-hybridized carbons (Fsp3) is 0.724. The van der Waals surface area contributed by atoms with Gasteiger partial charge in [-0.05, 0) is 25.0 Å². The summed E-state index contributed by atoms with van der Waals surface area (Å²) < 4.78 is 5.44. The van der Waals surface area contributed by atoms with E-state index in [1.165, 1.54) is 89.9 Å². The highest BCUT2D eigenvalue weighted by Gasteiger charge is 2.13. The van der Waals surface area contributed by atoms with Gasteiger partial charge in [0.25, 0.3) is 0 Å². The van der Waals surface area contributed by atoms with Crippen molar-refractivity contribution in [1.29, 1.82) is 0 Å². The molecule has 0 saturated carbocycles.